The van der Waals surface area contributed by atoms with Gasteiger partial charge in [-0.05, 0) is 31.9 Å². The molecule has 1 aliphatic heterocycles. The summed E-state index contributed by atoms with van der Waals surface area (Å²) in [6, 6.07) is 8.07. The molecule has 6 heteroatoms. The van der Waals surface area contributed by atoms with E-state index in [0.717, 1.165) is 16.0 Å². The van der Waals surface area contributed by atoms with Gasteiger partial charge in [0.1, 0.15) is 5.92 Å². The number of imide groups is 1. The van der Waals surface area contributed by atoms with Crippen LogP contribution in [0.25, 0.3) is 0 Å². The van der Waals surface area contributed by atoms with E-state index in [1.54, 1.807) is 13.8 Å². The van der Waals surface area contributed by atoms with Crippen LogP contribution in [0, 0.1) is 24.2 Å². The number of aliphatic imine (C=N–C) groups is 1. The topological polar surface area (TPSA) is 82.8 Å². The van der Waals surface area contributed by atoms with Crippen molar-refractivity contribution < 1.29 is 14.3 Å². The lowest BCUT2D eigenvalue weighted by Crippen LogP contribution is -2.47. The van der Waals surface area contributed by atoms with Gasteiger partial charge < -0.3 is 4.74 Å². The Morgan fingerprint density at radius 1 is 1.41 bits per heavy atom. The minimum atomic E-state index is -0.780. The van der Waals surface area contributed by atoms with Crippen LogP contribution in [0.5, 0.6) is 0 Å². The molecule has 0 aliphatic carbocycles. The van der Waals surface area contributed by atoms with Crippen LogP contribution in [-0.4, -0.2) is 29.3 Å². The highest BCUT2D eigenvalue weighted by atomic mass is 16.6. The smallest absolute Gasteiger partial charge is 0.418 e. The van der Waals surface area contributed by atoms with E-state index < -0.39 is 24.1 Å². The third-order valence-corrected chi connectivity index (χ3v) is 3.63. The van der Waals surface area contributed by atoms with Gasteiger partial charge in [-0.25, -0.2) is 19.5 Å². The summed E-state index contributed by atoms with van der Waals surface area (Å²) >= 11 is 0. The molecule has 0 saturated heterocycles. The van der Waals surface area contributed by atoms with Crippen molar-refractivity contribution in [1.29, 1.82) is 5.26 Å². The largest absolute Gasteiger partial charge is 0.449 e. The minimum absolute atomic E-state index is 0.142. The minimum Gasteiger partial charge on any atom is -0.449 e. The number of urea groups is 1. The van der Waals surface area contributed by atoms with Crippen LogP contribution < -0.4 is 0 Å². The van der Waals surface area contributed by atoms with E-state index in [4.69, 9.17) is 4.74 Å². The highest BCUT2D eigenvalue weighted by molar-refractivity contribution is 6.04. The summed E-state index contributed by atoms with van der Waals surface area (Å²) in [5.74, 6) is -0.691. The van der Waals surface area contributed by atoms with Crippen molar-refractivity contribution >= 4 is 17.8 Å². The van der Waals surface area contributed by atoms with Crippen molar-refractivity contribution in [3.05, 3.63) is 35.4 Å². The zero-order valence-corrected chi connectivity index (χ0v) is 12.7. The third kappa shape index (κ3) is 2.70. The van der Waals surface area contributed by atoms with Gasteiger partial charge in [0, 0.05) is 5.71 Å². The molecule has 2 rings (SSSR count). The lowest BCUT2D eigenvalue weighted by atomic mass is 9.86. The van der Waals surface area contributed by atoms with E-state index in [-0.39, 0.29) is 6.61 Å². The second-order valence-electron chi connectivity index (χ2n) is 5.01. The standard InChI is InChI=1S/C16H17N3O3/c1-4-22-16(21)19-14(12-8-6-5-7-10(12)2)13(9-17)11(3)18-15(19)20/h5-8,13-14H,4H2,1-3H3. The molecule has 0 radical (unpaired) electrons. The first kappa shape index (κ1) is 15.7. The van der Waals surface area contributed by atoms with Crippen LogP contribution in [0.4, 0.5) is 9.59 Å². The van der Waals surface area contributed by atoms with Gasteiger partial charge in [-0.15, -0.1) is 0 Å². The number of rotatable bonds is 2. The van der Waals surface area contributed by atoms with E-state index in [1.807, 2.05) is 31.2 Å². The zero-order chi connectivity index (χ0) is 16.3. The van der Waals surface area contributed by atoms with E-state index in [2.05, 4.69) is 11.1 Å². The van der Waals surface area contributed by atoms with Gasteiger partial charge in [-0.2, -0.15) is 5.26 Å². The Balaban J connectivity index is 2.58. The molecule has 0 aromatic heterocycles. The SMILES string of the molecule is CCOC(=O)N1C(=O)N=C(C)C(C#N)C1c1ccccc1C. The summed E-state index contributed by atoms with van der Waals surface area (Å²) < 4.78 is 4.96. The Hall–Kier alpha value is -2.68. The van der Waals surface area contributed by atoms with Crippen LogP contribution in [0.2, 0.25) is 0 Å². The number of aryl methyl sites for hydroxylation is 1. The number of benzene rings is 1. The quantitative estimate of drug-likeness (QED) is 0.839. The Morgan fingerprint density at radius 3 is 2.68 bits per heavy atom. The van der Waals surface area contributed by atoms with E-state index >= 15 is 0 Å². The molecule has 2 atom stereocenters. The van der Waals surface area contributed by atoms with Gasteiger partial charge >= 0.3 is 12.1 Å². The molecule has 3 amide bonds. The molecule has 1 heterocycles. The number of hydrogen-bond acceptors (Lipinski definition) is 4. The average Bonchev–Trinajstić information content (AvgIpc) is 2.47. The number of nitriles is 1. The number of hydrogen-bond donors (Lipinski definition) is 0. The molecule has 0 spiro atoms. The van der Waals surface area contributed by atoms with Crippen LogP contribution in [0.15, 0.2) is 29.3 Å². The van der Waals surface area contributed by atoms with Crippen LogP contribution in [0.3, 0.4) is 0 Å². The summed E-state index contributed by atoms with van der Waals surface area (Å²) in [4.78, 5) is 29.1. The lowest BCUT2D eigenvalue weighted by molar-refractivity contribution is 0.0981. The van der Waals surface area contributed by atoms with E-state index in [1.165, 1.54) is 0 Å². The molecular weight excluding hydrogens is 282 g/mol. The second kappa shape index (κ2) is 6.39. The first-order valence-electron chi connectivity index (χ1n) is 7.01. The molecule has 1 aromatic rings. The van der Waals surface area contributed by atoms with Crippen LogP contribution in [-0.2, 0) is 4.74 Å². The van der Waals surface area contributed by atoms with Crippen molar-refractivity contribution in [2.24, 2.45) is 10.9 Å². The summed E-state index contributed by atoms with van der Waals surface area (Å²) in [5.41, 5.74) is 2.04. The maximum Gasteiger partial charge on any atom is 0.418 e. The summed E-state index contributed by atoms with van der Waals surface area (Å²) in [5, 5.41) is 9.48. The molecular formula is C16H17N3O3. The molecule has 0 N–H and O–H groups in total. The number of carbonyl (C=O) groups is 2. The zero-order valence-electron chi connectivity index (χ0n) is 12.7. The maximum atomic E-state index is 12.2. The molecule has 1 aromatic carbocycles. The van der Waals surface area contributed by atoms with Crippen molar-refractivity contribution in [3.8, 4) is 6.07 Å². The van der Waals surface area contributed by atoms with Crippen molar-refractivity contribution in [1.82, 2.24) is 4.90 Å². The summed E-state index contributed by atoms with van der Waals surface area (Å²) in [6.45, 7) is 5.30. The fourth-order valence-electron chi connectivity index (χ4n) is 2.56. The molecule has 0 fully saturated rings. The highest BCUT2D eigenvalue weighted by Crippen LogP contribution is 2.35. The Kier molecular flexibility index (Phi) is 4.56. The van der Waals surface area contributed by atoms with Crippen molar-refractivity contribution in [2.75, 3.05) is 6.61 Å². The van der Waals surface area contributed by atoms with Gasteiger partial charge in [0.2, 0.25) is 0 Å². The number of nitrogens with zero attached hydrogens (tertiary/aromatic N) is 3. The Labute approximate surface area is 129 Å². The van der Waals surface area contributed by atoms with Crippen LogP contribution >= 0.6 is 0 Å². The predicted octanol–water partition coefficient (Wildman–Crippen LogP) is 3.23. The monoisotopic (exact) mass is 299 g/mol. The van der Waals surface area contributed by atoms with Gasteiger partial charge in [0.15, 0.2) is 0 Å². The molecule has 0 saturated carbocycles. The first-order valence-corrected chi connectivity index (χ1v) is 7.01. The average molecular weight is 299 g/mol. The molecule has 1 aliphatic rings. The fraction of sp³-hybridized carbons (Fsp3) is 0.375. The molecule has 6 nitrogen and oxygen atoms in total. The molecule has 0 bridgehead atoms. The lowest BCUT2D eigenvalue weighted by Gasteiger charge is -2.35. The maximum absolute atomic E-state index is 12.2. The predicted molar refractivity (Wildman–Crippen MR) is 80.4 cm³/mol. The van der Waals surface area contributed by atoms with E-state index in [0.29, 0.717) is 5.71 Å². The van der Waals surface area contributed by atoms with E-state index in [9.17, 15) is 14.9 Å². The van der Waals surface area contributed by atoms with Gasteiger partial charge in [0.25, 0.3) is 0 Å². The molecule has 2 unspecified atom stereocenters. The summed E-state index contributed by atoms with van der Waals surface area (Å²) in [7, 11) is 0. The Bertz CT molecular complexity index is 675. The second-order valence-corrected chi connectivity index (χ2v) is 5.01. The first-order chi connectivity index (χ1) is 10.5. The summed E-state index contributed by atoms with van der Waals surface area (Å²) in [6.07, 6.45) is -0.780. The highest BCUT2D eigenvalue weighted by Gasteiger charge is 2.43. The molecule has 114 valence electrons. The normalized spacial score (nSPS) is 21.1. The van der Waals surface area contributed by atoms with Crippen molar-refractivity contribution in [2.45, 2.75) is 26.8 Å². The number of amides is 3. The molecule has 22 heavy (non-hydrogen) atoms. The van der Waals surface area contributed by atoms with Crippen LogP contribution in [0.1, 0.15) is 31.0 Å². The van der Waals surface area contributed by atoms with Gasteiger partial charge in [0.05, 0.1) is 18.7 Å². The van der Waals surface area contributed by atoms with Gasteiger partial charge in [-0.1, -0.05) is 24.3 Å². The number of ether oxygens (including phenoxy) is 1. The fourth-order valence-corrected chi connectivity index (χ4v) is 2.56. The van der Waals surface area contributed by atoms with Gasteiger partial charge in [-0.3, -0.25) is 0 Å². The van der Waals surface area contributed by atoms with Crippen molar-refractivity contribution in [3.63, 3.8) is 0 Å². The third-order valence-electron chi connectivity index (χ3n) is 3.63. The number of carbonyl (C=O) groups excluding carboxylic acids is 2. The Morgan fingerprint density at radius 2 is 2.09 bits per heavy atom.